The lowest BCUT2D eigenvalue weighted by molar-refractivity contribution is 0.152. The van der Waals surface area contributed by atoms with Gasteiger partial charge in [-0.15, -0.1) is 0 Å². The zero-order valence-electron chi connectivity index (χ0n) is 14.9. The van der Waals surface area contributed by atoms with E-state index in [1.165, 1.54) is 0 Å². The summed E-state index contributed by atoms with van der Waals surface area (Å²) in [4.78, 5) is 4.63. The molecule has 0 saturated carbocycles. The molecule has 0 heterocycles. The first-order chi connectivity index (χ1) is 11.2. The Kier molecular flexibility index (Phi) is 9.87. The molecule has 130 valence electrons. The minimum atomic E-state index is 0.504. The number of nitrogens with one attached hydrogen (secondary N) is 2. The van der Waals surface area contributed by atoms with Crippen LogP contribution in [0.15, 0.2) is 29.3 Å². The van der Waals surface area contributed by atoms with Crippen molar-refractivity contribution in [2.75, 3.05) is 32.9 Å². The van der Waals surface area contributed by atoms with E-state index in [2.05, 4.69) is 42.5 Å². The molecule has 1 aromatic rings. The molecule has 0 unspecified atom stereocenters. The van der Waals surface area contributed by atoms with Gasteiger partial charge >= 0.3 is 0 Å². The number of guanidine groups is 1. The summed E-state index contributed by atoms with van der Waals surface area (Å²) >= 11 is 0. The van der Waals surface area contributed by atoms with Crippen molar-refractivity contribution in [3.8, 4) is 5.75 Å². The first kappa shape index (κ1) is 19.3. The van der Waals surface area contributed by atoms with E-state index in [1.807, 2.05) is 25.1 Å². The van der Waals surface area contributed by atoms with Crippen LogP contribution in [0, 0.1) is 5.92 Å². The Morgan fingerprint density at radius 3 is 2.65 bits per heavy atom. The Labute approximate surface area is 140 Å². The molecule has 0 aliphatic carbocycles. The van der Waals surface area contributed by atoms with Gasteiger partial charge in [0.1, 0.15) is 5.75 Å². The highest BCUT2D eigenvalue weighted by Crippen LogP contribution is 2.19. The normalized spacial score (nSPS) is 11.6. The molecule has 0 aliphatic rings. The van der Waals surface area contributed by atoms with Crippen molar-refractivity contribution >= 4 is 5.96 Å². The summed E-state index contributed by atoms with van der Waals surface area (Å²) in [6.45, 7) is 12.6. The van der Waals surface area contributed by atoms with E-state index in [1.54, 1.807) is 0 Å². The minimum Gasteiger partial charge on any atom is -0.493 e. The lowest BCUT2D eigenvalue weighted by Gasteiger charge is -2.14. The van der Waals surface area contributed by atoms with Crippen LogP contribution in [-0.2, 0) is 11.3 Å². The lowest BCUT2D eigenvalue weighted by Crippen LogP contribution is -2.39. The molecule has 0 amide bonds. The number of para-hydroxylation sites is 1. The summed E-state index contributed by atoms with van der Waals surface area (Å²) in [6, 6.07) is 8.07. The highest BCUT2D eigenvalue weighted by atomic mass is 16.5. The van der Waals surface area contributed by atoms with Gasteiger partial charge in [0.2, 0.25) is 0 Å². The molecular weight excluding hydrogens is 290 g/mol. The van der Waals surface area contributed by atoms with Crippen molar-refractivity contribution in [1.82, 2.24) is 10.6 Å². The molecule has 0 spiro atoms. The van der Waals surface area contributed by atoms with Gasteiger partial charge in [-0.1, -0.05) is 32.0 Å². The number of rotatable bonds is 10. The summed E-state index contributed by atoms with van der Waals surface area (Å²) in [5.41, 5.74) is 1.09. The van der Waals surface area contributed by atoms with Gasteiger partial charge in [-0.3, -0.25) is 0 Å². The first-order valence-corrected chi connectivity index (χ1v) is 8.48. The van der Waals surface area contributed by atoms with Gasteiger partial charge in [-0.05, 0) is 25.8 Å². The minimum absolute atomic E-state index is 0.504. The molecule has 1 rings (SSSR count). The second-order valence-electron chi connectivity index (χ2n) is 5.63. The van der Waals surface area contributed by atoms with Crippen LogP contribution >= 0.6 is 0 Å². The summed E-state index contributed by atoms with van der Waals surface area (Å²) < 4.78 is 11.2. The zero-order valence-corrected chi connectivity index (χ0v) is 14.9. The fraction of sp³-hybridized carbons (Fsp3) is 0.611. The van der Waals surface area contributed by atoms with Crippen molar-refractivity contribution in [3.63, 3.8) is 0 Å². The first-order valence-electron chi connectivity index (χ1n) is 8.48. The fourth-order valence-electron chi connectivity index (χ4n) is 1.92. The average molecular weight is 321 g/mol. The number of aliphatic imine (C=N–C) groups is 1. The van der Waals surface area contributed by atoms with Crippen LogP contribution in [0.3, 0.4) is 0 Å². The van der Waals surface area contributed by atoms with E-state index < -0.39 is 0 Å². The van der Waals surface area contributed by atoms with E-state index in [4.69, 9.17) is 9.47 Å². The smallest absolute Gasteiger partial charge is 0.191 e. The Bertz CT molecular complexity index is 461. The van der Waals surface area contributed by atoms with Crippen LogP contribution in [0.1, 0.15) is 33.3 Å². The van der Waals surface area contributed by atoms with Gasteiger partial charge in [0.05, 0.1) is 19.8 Å². The number of ether oxygens (including phenoxy) is 2. The number of nitrogens with zero attached hydrogens (tertiary/aromatic N) is 1. The second kappa shape index (κ2) is 11.8. The monoisotopic (exact) mass is 321 g/mol. The molecule has 0 radical (unpaired) electrons. The van der Waals surface area contributed by atoms with E-state index in [0.29, 0.717) is 25.7 Å². The van der Waals surface area contributed by atoms with Crippen molar-refractivity contribution in [2.24, 2.45) is 10.9 Å². The Morgan fingerprint density at radius 2 is 1.96 bits per heavy atom. The van der Waals surface area contributed by atoms with Gasteiger partial charge in [-0.2, -0.15) is 0 Å². The fourth-order valence-corrected chi connectivity index (χ4v) is 1.92. The van der Waals surface area contributed by atoms with Crippen LogP contribution in [0.2, 0.25) is 0 Å². The van der Waals surface area contributed by atoms with Gasteiger partial charge < -0.3 is 20.1 Å². The predicted octanol–water partition coefficient (Wildman–Crippen LogP) is 2.81. The van der Waals surface area contributed by atoms with Gasteiger partial charge in [0.25, 0.3) is 0 Å². The molecule has 2 N–H and O–H groups in total. The SMILES string of the molecule is CCNC(=NCc1ccccc1OCC(C)C)NCCOCC. The Hall–Kier alpha value is -1.75. The number of benzene rings is 1. The molecule has 0 atom stereocenters. The maximum absolute atomic E-state index is 5.87. The number of hydrogen-bond donors (Lipinski definition) is 2. The summed E-state index contributed by atoms with van der Waals surface area (Å²) in [5, 5.41) is 6.51. The van der Waals surface area contributed by atoms with E-state index in [0.717, 1.165) is 37.0 Å². The largest absolute Gasteiger partial charge is 0.493 e. The quantitative estimate of drug-likeness (QED) is 0.395. The van der Waals surface area contributed by atoms with Crippen molar-refractivity contribution in [3.05, 3.63) is 29.8 Å². The van der Waals surface area contributed by atoms with Gasteiger partial charge in [0, 0.05) is 25.3 Å². The highest BCUT2D eigenvalue weighted by molar-refractivity contribution is 5.79. The van der Waals surface area contributed by atoms with Crippen LogP contribution in [0.4, 0.5) is 0 Å². The second-order valence-corrected chi connectivity index (χ2v) is 5.63. The van der Waals surface area contributed by atoms with E-state index >= 15 is 0 Å². The molecule has 0 aliphatic heterocycles. The molecule has 5 heteroatoms. The molecule has 0 fully saturated rings. The maximum atomic E-state index is 5.87. The summed E-state index contributed by atoms with van der Waals surface area (Å²) in [5.74, 6) is 2.21. The third-order valence-electron chi connectivity index (χ3n) is 3.04. The van der Waals surface area contributed by atoms with E-state index in [-0.39, 0.29) is 0 Å². The van der Waals surface area contributed by atoms with Crippen LogP contribution in [0.5, 0.6) is 5.75 Å². The Balaban J connectivity index is 2.63. The standard InChI is InChI=1S/C18H31N3O2/c1-5-19-18(20-11-12-22-6-2)21-13-16-9-7-8-10-17(16)23-14-15(3)4/h7-10,15H,5-6,11-14H2,1-4H3,(H2,19,20,21). The molecule has 0 aromatic heterocycles. The van der Waals surface area contributed by atoms with Crippen molar-refractivity contribution in [2.45, 2.75) is 34.2 Å². The Morgan fingerprint density at radius 1 is 1.17 bits per heavy atom. The molecule has 1 aromatic carbocycles. The topological polar surface area (TPSA) is 54.9 Å². The molecule has 5 nitrogen and oxygen atoms in total. The molecule has 0 saturated heterocycles. The van der Waals surface area contributed by atoms with Crippen LogP contribution in [-0.4, -0.2) is 38.9 Å². The molecule has 0 bridgehead atoms. The predicted molar refractivity (Wildman–Crippen MR) is 96.1 cm³/mol. The third-order valence-corrected chi connectivity index (χ3v) is 3.04. The molecule has 23 heavy (non-hydrogen) atoms. The average Bonchev–Trinajstić information content (AvgIpc) is 2.55. The van der Waals surface area contributed by atoms with Crippen molar-refractivity contribution in [1.29, 1.82) is 0 Å². The van der Waals surface area contributed by atoms with Crippen LogP contribution in [0.25, 0.3) is 0 Å². The number of hydrogen-bond acceptors (Lipinski definition) is 3. The summed E-state index contributed by atoms with van der Waals surface area (Å²) in [6.07, 6.45) is 0. The van der Waals surface area contributed by atoms with E-state index in [9.17, 15) is 0 Å². The molecular formula is C18H31N3O2. The zero-order chi connectivity index (χ0) is 16.9. The third kappa shape index (κ3) is 8.45. The lowest BCUT2D eigenvalue weighted by atomic mass is 10.2. The van der Waals surface area contributed by atoms with Crippen molar-refractivity contribution < 1.29 is 9.47 Å². The van der Waals surface area contributed by atoms with Gasteiger partial charge in [-0.25, -0.2) is 4.99 Å². The highest BCUT2D eigenvalue weighted by Gasteiger charge is 2.04. The maximum Gasteiger partial charge on any atom is 0.191 e. The van der Waals surface area contributed by atoms with Gasteiger partial charge in [0.15, 0.2) is 5.96 Å². The summed E-state index contributed by atoms with van der Waals surface area (Å²) in [7, 11) is 0. The van der Waals surface area contributed by atoms with Crippen LogP contribution < -0.4 is 15.4 Å².